The number of hydrogen-bond acceptors (Lipinski definition) is 3. The zero-order valence-electron chi connectivity index (χ0n) is 10.9. The second-order valence-corrected chi connectivity index (χ2v) is 4.76. The third kappa shape index (κ3) is 3.06. The summed E-state index contributed by atoms with van der Waals surface area (Å²) in [5.74, 6) is 0.323. The molecule has 106 valence electrons. The van der Waals surface area contributed by atoms with Gasteiger partial charge in [-0.25, -0.2) is 0 Å². The van der Waals surface area contributed by atoms with Gasteiger partial charge >= 0.3 is 6.18 Å². The van der Waals surface area contributed by atoms with E-state index in [1.807, 2.05) is 0 Å². The first-order chi connectivity index (χ1) is 8.99. The van der Waals surface area contributed by atoms with Gasteiger partial charge in [-0.1, -0.05) is 0 Å². The Balaban J connectivity index is 2.37. The van der Waals surface area contributed by atoms with Crippen molar-refractivity contribution in [2.24, 2.45) is 5.92 Å². The third-order valence-corrected chi connectivity index (χ3v) is 3.49. The molecule has 1 aromatic rings. The van der Waals surface area contributed by atoms with Gasteiger partial charge in [-0.05, 0) is 31.9 Å². The molecule has 1 fully saturated rings. The van der Waals surface area contributed by atoms with Crippen molar-refractivity contribution in [3.8, 4) is 0 Å². The highest BCUT2D eigenvalue weighted by Crippen LogP contribution is 2.42. The molecule has 19 heavy (non-hydrogen) atoms. The van der Waals surface area contributed by atoms with Crippen LogP contribution in [0, 0.1) is 5.92 Å². The third-order valence-electron chi connectivity index (χ3n) is 3.49. The quantitative estimate of drug-likeness (QED) is 0.896. The molecular weight excluding hydrogens is 257 g/mol. The highest BCUT2D eigenvalue weighted by atomic mass is 19.4. The zero-order valence-corrected chi connectivity index (χ0v) is 10.9. The minimum Gasteiger partial charge on any atom is -0.379 e. The van der Waals surface area contributed by atoms with E-state index in [0.29, 0.717) is 5.92 Å². The van der Waals surface area contributed by atoms with Crippen LogP contribution < -0.4 is 5.32 Å². The number of hydrogen-bond donors (Lipinski definition) is 1. The molecule has 1 N–H and O–H groups in total. The predicted molar refractivity (Wildman–Crippen MR) is 64.6 cm³/mol. The van der Waals surface area contributed by atoms with Crippen molar-refractivity contribution in [2.45, 2.75) is 31.2 Å². The molecule has 0 saturated heterocycles. The molecule has 1 aromatic heterocycles. The van der Waals surface area contributed by atoms with E-state index in [0.717, 1.165) is 25.1 Å². The molecule has 2 unspecified atom stereocenters. The number of nitrogens with one attached hydrogen (secondary N) is 1. The van der Waals surface area contributed by atoms with Gasteiger partial charge in [0.1, 0.15) is 0 Å². The van der Waals surface area contributed by atoms with E-state index in [9.17, 15) is 13.2 Å². The maximum Gasteiger partial charge on any atom is 0.416 e. The monoisotopic (exact) mass is 274 g/mol. The van der Waals surface area contributed by atoms with E-state index in [1.54, 1.807) is 7.05 Å². The lowest BCUT2D eigenvalue weighted by atomic mass is 9.95. The summed E-state index contributed by atoms with van der Waals surface area (Å²) in [6.45, 7) is 0. The molecule has 0 bridgehead atoms. The summed E-state index contributed by atoms with van der Waals surface area (Å²) in [6, 6.07) is 0.516. The minimum absolute atomic E-state index is 0.149. The molecule has 3 nitrogen and oxygen atoms in total. The van der Waals surface area contributed by atoms with Crippen molar-refractivity contribution in [2.75, 3.05) is 14.2 Å². The second kappa shape index (κ2) is 5.46. The number of alkyl halides is 3. The first-order valence-electron chi connectivity index (χ1n) is 6.20. The van der Waals surface area contributed by atoms with E-state index >= 15 is 0 Å². The van der Waals surface area contributed by atoms with E-state index in [-0.39, 0.29) is 11.7 Å². The lowest BCUT2D eigenvalue weighted by molar-refractivity contribution is -0.138. The van der Waals surface area contributed by atoms with Gasteiger partial charge < -0.3 is 10.1 Å². The number of methoxy groups -OCH3 is 1. The van der Waals surface area contributed by atoms with Gasteiger partial charge in [-0.3, -0.25) is 4.98 Å². The molecule has 0 aromatic carbocycles. The topological polar surface area (TPSA) is 34.2 Å². The van der Waals surface area contributed by atoms with Crippen LogP contribution in [0.2, 0.25) is 0 Å². The lowest BCUT2D eigenvalue weighted by Crippen LogP contribution is -2.34. The number of halogens is 3. The van der Waals surface area contributed by atoms with E-state index in [2.05, 4.69) is 10.3 Å². The van der Waals surface area contributed by atoms with E-state index < -0.39 is 17.8 Å². The Bertz CT molecular complexity index is 432. The SMILES string of the molecule is CNC(c1cnccc1C(F)(F)F)C(OC)C1CC1. The van der Waals surface area contributed by atoms with Crippen LogP contribution in [-0.2, 0) is 10.9 Å². The molecule has 0 aliphatic heterocycles. The van der Waals surface area contributed by atoms with Crippen LogP contribution in [0.25, 0.3) is 0 Å². The van der Waals surface area contributed by atoms with Crippen LogP contribution in [0.1, 0.15) is 30.0 Å². The average molecular weight is 274 g/mol. The van der Waals surface area contributed by atoms with Crippen LogP contribution in [-0.4, -0.2) is 25.2 Å². The molecule has 1 aliphatic carbocycles. The van der Waals surface area contributed by atoms with Crippen LogP contribution in [0.5, 0.6) is 0 Å². The van der Waals surface area contributed by atoms with Gasteiger partial charge in [0, 0.05) is 25.1 Å². The van der Waals surface area contributed by atoms with Gasteiger partial charge in [-0.2, -0.15) is 13.2 Å². The minimum atomic E-state index is -4.38. The number of rotatable bonds is 5. The molecule has 2 rings (SSSR count). The Kier molecular flexibility index (Phi) is 4.10. The van der Waals surface area contributed by atoms with Crippen LogP contribution in [0.3, 0.4) is 0 Å². The summed E-state index contributed by atoms with van der Waals surface area (Å²) in [4.78, 5) is 3.83. The standard InChI is InChI=1S/C13H17F3N2O/c1-17-11(12(19-2)8-3-4-8)9-7-18-6-5-10(9)13(14,15)16/h5-8,11-12,17H,3-4H2,1-2H3. The first-order valence-corrected chi connectivity index (χ1v) is 6.20. The Morgan fingerprint density at radius 2 is 2.11 bits per heavy atom. The summed E-state index contributed by atoms with van der Waals surface area (Å²) >= 11 is 0. The fourth-order valence-corrected chi connectivity index (χ4v) is 2.43. The maximum atomic E-state index is 13.0. The summed E-state index contributed by atoms with van der Waals surface area (Å²) < 4.78 is 44.5. The van der Waals surface area contributed by atoms with Gasteiger partial charge in [0.2, 0.25) is 0 Å². The predicted octanol–water partition coefficient (Wildman–Crippen LogP) is 2.79. The van der Waals surface area contributed by atoms with Gasteiger partial charge in [0.05, 0.1) is 17.7 Å². The molecule has 0 spiro atoms. The average Bonchev–Trinajstić information content (AvgIpc) is 3.19. The number of aromatic nitrogens is 1. The summed E-state index contributed by atoms with van der Waals surface area (Å²) in [7, 11) is 3.18. The summed E-state index contributed by atoms with van der Waals surface area (Å²) in [6.07, 6.45) is -0.197. The fourth-order valence-electron chi connectivity index (χ4n) is 2.43. The highest BCUT2D eigenvalue weighted by molar-refractivity contribution is 5.30. The van der Waals surface area contributed by atoms with Gasteiger partial charge in [0.25, 0.3) is 0 Å². The molecule has 0 amide bonds. The second-order valence-electron chi connectivity index (χ2n) is 4.76. The Morgan fingerprint density at radius 3 is 2.58 bits per heavy atom. The van der Waals surface area contributed by atoms with Gasteiger partial charge in [0.15, 0.2) is 0 Å². The molecule has 0 radical (unpaired) electrons. The van der Waals surface area contributed by atoms with Crippen molar-refractivity contribution in [3.63, 3.8) is 0 Å². The van der Waals surface area contributed by atoms with E-state index in [1.165, 1.54) is 13.3 Å². The smallest absolute Gasteiger partial charge is 0.379 e. The molecule has 2 atom stereocenters. The molecular formula is C13H17F3N2O. The molecule has 1 aliphatic rings. The molecule has 1 saturated carbocycles. The number of ether oxygens (including phenoxy) is 1. The number of likely N-dealkylation sites (N-methyl/N-ethyl adjacent to an activating group) is 1. The Labute approximate surface area is 110 Å². The van der Waals surface area contributed by atoms with Crippen molar-refractivity contribution in [3.05, 3.63) is 29.6 Å². The van der Waals surface area contributed by atoms with Gasteiger partial charge in [-0.15, -0.1) is 0 Å². The number of pyridine rings is 1. The Hall–Kier alpha value is -1.14. The van der Waals surface area contributed by atoms with Crippen LogP contribution in [0.4, 0.5) is 13.2 Å². The van der Waals surface area contributed by atoms with Crippen molar-refractivity contribution < 1.29 is 17.9 Å². The van der Waals surface area contributed by atoms with Crippen molar-refractivity contribution in [1.29, 1.82) is 0 Å². The Morgan fingerprint density at radius 1 is 1.42 bits per heavy atom. The number of nitrogens with zero attached hydrogens (tertiary/aromatic N) is 1. The largest absolute Gasteiger partial charge is 0.416 e. The van der Waals surface area contributed by atoms with Crippen molar-refractivity contribution >= 4 is 0 Å². The molecule has 6 heteroatoms. The van der Waals surface area contributed by atoms with Crippen molar-refractivity contribution in [1.82, 2.24) is 10.3 Å². The summed E-state index contributed by atoms with van der Waals surface area (Å²) in [5.41, 5.74) is -0.499. The zero-order chi connectivity index (χ0) is 14.0. The lowest BCUT2D eigenvalue weighted by Gasteiger charge is -2.28. The van der Waals surface area contributed by atoms with E-state index in [4.69, 9.17) is 4.74 Å². The normalized spacial score (nSPS) is 19.2. The highest BCUT2D eigenvalue weighted by Gasteiger charge is 2.41. The van der Waals surface area contributed by atoms with Crippen LogP contribution >= 0.6 is 0 Å². The van der Waals surface area contributed by atoms with Crippen LogP contribution in [0.15, 0.2) is 18.5 Å². The first kappa shape index (κ1) is 14.3. The molecule has 1 heterocycles. The maximum absolute atomic E-state index is 13.0. The fraction of sp³-hybridized carbons (Fsp3) is 0.615. The summed E-state index contributed by atoms with van der Waals surface area (Å²) in [5, 5.41) is 2.94.